The van der Waals surface area contributed by atoms with Crippen LogP contribution < -0.4 is 4.74 Å². The molecular formula is C40H36N2O2. The van der Waals surface area contributed by atoms with Crippen molar-refractivity contribution in [3.05, 3.63) is 173 Å². The third-order valence-electron chi connectivity index (χ3n) is 8.43. The minimum absolute atomic E-state index is 0.0156. The fourth-order valence-electron chi connectivity index (χ4n) is 6.42. The minimum Gasteiger partial charge on any atom is -0.497 e. The lowest BCUT2D eigenvalue weighted by Gasteiger charge is -2.34. The maximum atomic E-state index is 7.02. The van der Waals surface area contributed by atoms with E-state index in [1.807, 2.05) is 12.1 Å². The molecule has 0 bridgehead atoms. The van der Waals surface area contributed by atoms with Crippen LogP contribution in [0.25, 0.3) is 22.6 Å². The number of fused-ring (bicyclic) bond motifs is 1. The molecule has 0 aliphatic carbocycles. The predicted molar refractivity (Wildman–Crippen MR) is 177 cm³/mol. The Hall–Kier alpha value is -4.90. The molecule has 7 rings (SSSR count). The molecule has 2 heterocycles. The summed E-state index contributed by atoms with van der Waals surface area (Å²) in [5.74, 6) is 2.68. The Bertz CT molecular complexity index is 1780. The van der Waals surface area contributed by atoms with Crippen molar-refractivity contribution in [2.24, 2.45) is 0 Å². The first-order valence-corrected chi connectivity index (χ1v) is 15.2. The molecule has 1 aromatic heterocycles. The largest absolute Gasteiger partial charge is 0.497 e. The number of furan rings is 1. The highest BCUT2D eigenvalue weighted by molar-refractivity contribution is 5.74. The van der Waals surface area contributed by atoms with Crippen LogP contribution in [0, 0.1) is 0 Å². The van der Waals surface area contributed by atoms with E-state index in [-0.39, 0.29) is 6.04 Å². The van der Waals surface area contributed by atoms with Gasteiger partial charge in [0.2, 0.25) is 0 Å². The molecule has 0 spiro atoms. The summed E-state index contributed by atoms with van der Waals surface area (Å²) in [4.78, 5) is 5.16. The van der Waals surface area contributed by atoms with Gasteiger partial charge in [-0.2, -0.15) is 0 Å². The van der Waals surface area contributed by atoms with E-state index >= 15 is 0 Å². The van der Waals surface area contributed by atoms with E-state index in [1.54, 1.807) is 7.11 Å². The van der Waals surface area contributed by atoms with Crippen LogP contribution in [0.1, 0.15) is 33.9 Å². The van der Waals surface area contributed by atoms with E-state index in [0.717, 1.165) is 54.7 Å². The third-order valence-corrected chi connectivity index (χ3v) is 8.43. The predicted octanol–water partition coefficient (Wildman–Crippen LogP) is 9.19. The first-order valence-electron chi connectivity index (χ1n) is 15.2. The minimum atomic E-state index is -0.0156. The molecule has 0 N–H and O–H groups in total. The van der Waals surface area contributed by atoms with Crippen LogP contribution in [-0.4, -0.2) is 23.6 Å². The van der Waals surface area contributed by atoms with E-state index in [9.17, 15) is 0 Å². The van der Waals surface area contributed by atoms with Crippen LogP contribution in [0.4, 0.5) is 0 Å². The fourth-order valence-corrected chi connectivity index (χ4v) is 6.42. The van der Waals surface area contributed by atoms with E-state index < -0.39 is 0 Å². The Labute approximate surface area is 259 Å². The number of hydrogen-bond donors (Lipinski definition) is 0. The lowest BCUT2D eigenvalue weighted by atomic mass is 9.90. The van der Waals surface area contributed by atoms with Crippen molar-refractivity contribution >= 4 is 0 Å². The van der Waals surface area contributed by atoms with Gasteiger partial charge in [-0.1, -0.05) is 121 Å². The van der Waals surface area contributed by atoms with E-state index in [4.69, 9.17) is 9.15 Å². The molecule has 0 radical (unpaired) electrons. The molecule has 1 unspecified atom stereocenters. The number of ether oxygens (including phenoxy) is 1. The topological polar surface area (TPSA) is 28.9 Å². The standard InChI is InChI=1S/C40H36N2O2/c1-43-35-24-22-34(23-25-35)39-36-28-41(26-30-14-6-2-7-15-30)29-42(27-31-16-8-3-9-17-31)38(32-18-10-4-11-19-32)37(36)40(44-39)33-20-12-5-13-21-33/h2-25,38H,26-29H2,1H3. The summed E-state index contributed by atoms with van der Waals surface area (Å²) in [6, 6.07) is 51.3. The maximum absolute atomic E-state index is 7.02. The number of rotatable bonds is 8. The molecule has 1 aliphatic rings. The summed E-state index contributed by atoms with van der Waals surface area (Å²) in [5.41, 5.74) is 8.44. The van der Waals surface area contributed by atoms with Gasteiger partial charge in [0.15, 0.2) is 0 Å². The maximum Gasteiger partial charge on any atom is 0.140 e. The molecule has 6 aromatic rings. The zero-order valence-corrected chi connectivity index (χ0v) is 25.0. The van der Waals surface area contributed by atoms with E-state index in [1.165, 1.54) is 27.8 Å². The van der Waals surface area contributed by atoms with Gasteiger partial charge in [0.1, 0.15) is 17.3 Å². The summed E-state index contributed by atoms with van der Waals surface area (Å²) in [5, 5.41) is 0. The smallest absolute Gasteiger partial charge is 0.140 e. The van der Waals surface area contributed by atoms with Crippen molar-refractivity contribution < 1.29 is 9.15 Å². The Morgan fingerprint density at radius 1 is 0.614 bits per heavy atom. The first kappa shape index (κ1) is 27.9. The molecule has 0 saturated heterocycles. The monoisotopic (exact) mass is 576 g/mol. The first-order chi connectivity index (χ1) is 21.8. The van der Waals surface area contributed by atoms with Crippen LogP contribution in [0.2, 0.25) is 0 Å². The molecule has 0 fully saturated rings. The Morgan fingerprint density at radius 2 is 1.16 bits per heavy atom. The quantitative estimate of drug-likeness (QED) is 0.181. The lowest BCUT2D eigenvalue weighted by Crippen LogP contribution is -2.37. The second-order valence-electron chi connectivity index (χ2n) is 11.4. The van der Waals surface area contributed by atoms with Gasteiger partial charge in [-0.05, 0) is 41.0 Å². The van der Waals surface area contributed by atoms with Crippen molar-refractivity contribution in [1.82, 2.24) is 9.80 Å². The van der Waals surface area contributed by atoms with Gasteiger partial charge in [0.25, 0.3) is 0 Å². The fraction of sp³-hybridized carbons (Fsp3) is 0.150. The van der Waals surface area contributed by atoms with E-state index in [0.29, 0.717) is 0 Å². The molecule has 0 amide bonds. The van der Waals surface area contributed by atoms with Crippen molar-refractivity contribution in [1.29, 1.82) is 0 Å². The van der Waals surface area contributed by atoms with Crippen LogP contribution in [0.3, 0.4) is 0 Å². The van der Waals surface area contributed by atoms with Gasteiger partial charge in [0.05, 0.1) is 19.8 Å². The van der Waals surface area contributed by atoms with Gasteiger partial charge in [-0.25, -0.2) is 0 Å². The Balaban J connectivity index is 1.46. The van der Waals surface area contributed by atoms with Gasteiger partial charge in [-0.15, -0.1) is 0 Å². The molecule has 1 aliphatic heterocycles. The molecule has 0 saturated carbocycles. The number of methoxy groups -OCH3 is 1. The van der Waals surface area contributed by atoms with Crippen molar-refractivity contribution in [3.63, 3.8) is 0 Å². The van der Waals surface area contributed by atoms with Crippen molar-refractivity contribution in [2.75, 3.05) is 13.8 Å². The Kier molecular flexibility index (Phi) is 8.09. The molecule has 218 valence electrons. The van der Waals surface area contributed by atoms with Crippen molar-refractivity contribution in [2.45, 2.75) is 25.7 Å². The zero-order chi connectivity index (χ0) is 29.7. The number of hydrogen-bond acceptors (Lipinski definition) is 4. The van der Waals surface area contributed by atoms with Crippen LogP contribution >= 0.6 is 0 Å². The summed E-state index contributed by atoms with van der Waals surface area (Å²) in [7, 11) is 1.70. The normalized spacial score (nSPS) is 15.4. The molecule has 5 aromatic carbocycles. The van der Waals surface area contributed by atoms with Gasteiger partial charge >= 0.3 is 0 Å². The second kappa shape index (κ2) is 12.8. The highest BCUT2D eigenvalue weighted by atomic mass is 16.5. The third kappa shape index (κ3) is 5.83. The van der Waals surface area contributed by atoms with Crippen LogP contribution in [0.15, 0.2) is 150 Å². The highest BCUT2D eigenvalue weighted by Gasteiger charge is 2.37. The second-order valence-corrected chi connectivity index (χ2v) is 11.4. The Morgan fingerprint density at radius 3 is 1.77 bits per heavy atom. The molecule has 4 heteroatoms. The summed E-state index contributed by atoms with van der Waals surface area (Å²) in [6.45, 7) is 3.20. The zero-order valence-electron chi connectivity index (χ0n) is 25.0. The SMILES string of the molecule is COc1ccc(-c2oc(-c3ccccc3)c3c2CN(Cc2ccccc2)CN(Cc2ccccc2)C3c2ccccc2)cc1. The number of nitrogens with zero attached hydrogens (tertiary/aromatic N) is 2. The summed E-state index contributed by atoms with van der Waals surface area (Å²) >= 11 is 0. The van der Waals surface area contributed by atoms with E-state index in [2.05, 4.69) is 143 Å². The van der Waals surface area contributed by atoms with Gasteiger partial charge < -0.3 is 9.15 Å². The summed E-state index contributed by atoms with van der Waals surface area (Å²) in [6.07, 6.45) is 0. The lowest BCUT2D eigenvalue weighted by molar-refractivity contribution is 0.0994. The van der Waals surface area contributed by atoms with Crippen molar-refractivity contribution in [3.8, 4) is 28.4 Å². The highest BCUT2D eigenvalue weighted by Crippen LogP contribution is 2.47. The van der Waals surface area contributed by atoms with Gasteiger partial charge in [0, 0.05) is 41.9 Å². The van der Waals surface area contributed by atoms with Crippen LogP contribution in [-0.2, 0) is 19.6 Å². The van der Waals surface area contributed by atoms with Crippen LogP contribution in [0.5, 0.6) is 5.75 Å². The molecule has 1 atom stereocenters. The average molecular weight is 577 g/mol. The molecule has 44 heavy (non-hydrogen) atoms. The molecule has 4 nitrogen and oxygen atoms in total. The average Bonchev–Trinajstić information content (AvgIpc) is 3.37. The molecular weight excluding hydrogens is 540 g/mol. The van der Waals surface area contributed by atoms with Gasteiger partial charge in [-0.3, -0.25) is 9.80 Å². The number of benzene rings is 5. The summed E-state index contributed by atoms with van der Waals surface area (Å²) < 4.78 is 12.5.